The maximum absolute atomic E-state index is 6.98. The Morgan fingerprint density at radius 2 is 1.07 bits per heavy atom. The smallest absolute Gasteiger partial charge is 0.137 e. The van der Waals surface area contributed by atoms with Gasteiger partial charge in [0, 0.05) is 51.9 Å². The van der Waals surface area contributed by atoms with Crippen LogP contribution in [0.1, 0.15) is 117 Å². The quantitative estimate of drug-likeness (QED) is 0.174. The van der Waals surface area contributed by atoms with E-state index in [2.05, 4.69) is 208 Å². The molecule has 7 aromatic rings. The van der Waals surface area contributed by atoms with E-state index in [-0.39, 0.29) is 21.7 Å². The fourth-order valence-corrected chi connectivity index (χ4v) is 8.29. The maximum Gasteiger partial charge on any atom is 0.137 e. The van der Waals surface area contributed by atoms with Gasteiger partial charge in [0.1, 0.15) is 24.0 Å². The Bertz CT molecular complexity index is 2730. The van der Waals surface area contributed by atoms with Gasteiger partial charge in [0.05, 0.1) is 22.4 Å². The molecule has 0 unspecified atom stereocenters. The molecule has 4 aromatic carbocycles. The van der Waals surface area contributed by atoms with Crippen molar-refractivity contribution in [2.24, 2.45) is 0 Å². The Hall–Kier alpha value is -5.62. The molecule has 304 valence electrons. The van der Waals surface area contributed by atoms with Crippen molar-refractivity contribution in [1.82, 2.24) is 14.5 Å². The van der Waals surface area contributed by atoms with Crippen LogP contribution >= 0.6 is 0 Å². The van der Waals surface area contributed by atoms with Crippen molar-refractivity contribution >= 4 is 44.6 Å². The Balaban J connectivity index is 1.26. The number of benzene rings is 4. The first kappa shape index (κ1) is 40.2. The van der Waals surface area contributed by atoms with Crippen LogP contribution in [0.2, 0.25) is 0 Å². The minimum atomic E-state index is -0.114. The van der Waals surface area contributed by atoms with E-state index >= 15 is 0 Å². The van der Waals surface area contributed by atoms with E-state index in [1.807, 2.05) is 6.20 Å². The minimum Gasteiger partial charge on any atom is -0.457 e. The molecule has 4 heterocycles. The van der Waals surface area contributed by atoms with E-state index in [0.717, 1.165) is 51.1 Å². The first-order valence-corrected chi connectivity index (χ1v) is 21.1. The predicted octanol–water partition coefficient (Wildman–Crippen LogP) is 14.4. The zero-order valence-corrected chi connectivity index (χ0v) is 37.7. The molecule has 1 aliphatic heterocycles. The molecule has 6 heteroatoms. The number of pyridine rings is 2. The molecule has 0 atom stereocenters. The molecule has 0 N–H and O–H groups in total. The Morgan fingerprint density at radius 1 is 0.475 bits per heavy atom. The fraction of sp³-hybridized carbons (Fsp3) is 0.358. The van der Waals surface area contributed by atoms with Gasteiger partial charge in [0.2, 0.25) is 0 Å². The molecule has 0 bridgehead atoms. The van der Waals surface area contributed by atoms with Crippen LogP contribution in [0.15, 0.2) is 103 Å². The first-order chi connectivity index (χ1) is 27.5. The van der Waals surface area contributed by atoms with Crippen LogP contribution in [0.5, 0.6) is 11.5 Å². The van der Waals surface area contributed by atoms with Crippen molar-refractivity contribution in [3.63, 3.8) is 0 Å². The zero-order chi connectivity index (χ0) is 42.4. The lowest BCUT2D eigenvalue weighted by Gasteiger charge is -2.26. The second-order valence-electron chi connectivity index (χ2n) is 20.8. The lowest BCUT2D eigenvalue weighted by atomic mass is 9.86. The number of aromatic nitrogens is 3. The van der Waals surface area contributed by atoms with Crippen LogP contribution in [-0.4, -0.2) is 21.2 Å². The lowest BCUT2D eigenvalue weighted by Crippen LogP contribution is -2.24. The molecule has 1 aliphatic rings. The van der Waals surface area contributed by atoms with Gasteiger partial charge < -0.3 is 14.5 Å². The molecule has 0 aliphatic carbocycles. The third kappa shape index (κ3) is 7.70. The molecule has 6 nitrogen and oxygen atoms in total. The van der Waals surface area contributed by atoms with E-state index in [1.165, 1.54) is 44.4 Å². The highest BCUT2D eigenvalue weighted by Crippen LogP contribution is 2.48. The highest BCUT2D eigenvalue weighted by molar-refractivity contribution is 6.09. The monoisotopic (exact) mass is 783 g/mol. The summed E-state index contributed by atoms with van der Waals surface area (Å²) in [6.45, 7) is 32.1. The summed E-state index contributed by atoms with van der Waals surface area (Å²) >= 11 is 0. The van der Waals surface area contributed by atoms with Gasteiger partial charge in [0.25, 0.3) is 0 Å². The molecule has 3 aromatic heterocycles. The molecule has 0 spiro atoms. The number of nitrogens with zero attached hydrogens (tertiary/aromatic N) is 5. The van der Waals surface area contributed by atoms with Crippen molar-refractivity contribution in [2.75, 3.05) is 16.5 Å². The number of aryl methyl sites for hydroxylation is 2. The summed E-state index contributed by atoms with van der Waals surface area (Å²) in [6.07, 6.45) is 1.94. The van der Waals surface area contributed by atoms with E-state index in [9.17, 15) is 0 Å². The van der Waals surface area contributed by atoms with E-state index in [0.29, 0.717) is 6.67 Å². The largest absolute Gasteiger partial charge is 0.457 e. The summed E-state index contributed by atoms with van der Waals surface area (Å²) in [4.78, 5) is 14.5. The number of fused-ring (bicyclic) bond motifs is 4. The third-order valence-electron chi connectivity index (χ3n) is 11.8. The fourth-order valence-electron chi connectivity index (χ4n) is 8.29. The topological polar surface area (TPSA) is 46.4 Å². The van der Waals surface area contributed by atoms with Crippen LogP contribution in [0, 0.1) is 13.8 Å². The van der Waals surface area contributed by atoms with Crippen molar-refractivity contribution in [3.8, 4) is 17.3 Å². The average molecular weight is 784 g/mol. The zero-order valence-electron chi connectivity index (χ0n) is 37.7. The van der Waals surface area contributed by atoms with E-state index in [1.54, 1.807) is 0 Å². The van der Waals surface area contributed by atoms with Gasteiger partial charge in [-0.3, -0.25) is 9.55 Å². The van der Waals surface area contributed by atoms with Crippen molar-refractivity contribution < 1.29 is 4.74 Å². The summed E-state index contributed by atoms with van der Waals surface area (Å²) in [5.74, 6) is 2.49. The lowest BCUT2D eigenvalue weighted by molar-refractivity contribution is 0.479. The average Bonchev–Trinajstić information content (AvgIpc) is 3.68. The molecular weight excluding hydrogens is 723 g/mol. The van der Waals surface area contributed by atoms with Crippen molar-refractivity contribution in [1.29, 1.82) is 0 Å². The Labute approximate surface area is 351 Å². The third-order valence-corrected chi connectivity index (χ3v) is 11.8. The first-order valence-electron chi connectivity index (χ1n) is 21.1. The summed E-state index contributed by atoms with van der Waals surface area (Å²) in [7, 11) is 0. The predicted molar refractivity (Wildman–Crippen MR) is 249 cm³/mol. The number of hydrogen-bond acceptors (Lipinski definition) is 5. The summed E-state index contributed by atoms with van der Waals surface area (Å²) in [5, 5.41) is 2.39. The van der Waals surface area contributed by atoms with Gasteiger partial charge in [-0.25, -0.2) is 4.98 Å². The maximum atomic E-state index is 6.98. The van der Waals surface area contributed by atoms with Gasteiger partial charge in [0.15, 0.2) is 0 Å². The van der Waals surface area contributed by atoms with Crippen LogP contribution in [0.25, 0.3) is 27.6 Å². The number of rotatable bonds is 5. The van der Waals surface area contributed by atoms with Crippen LogP contribution in [-0.2, 0) is 21.7 Å². The second kappa shape index (κ2) is 14.0. The number of ether oxygens (including phenoxy) is 1. The highest BCUT2D eigenvalue weighted by Gasteiger charge is 2.32. The molecule has 0 saturated heterocycles. The van der Waals surface area contributed by atoms with E-state index in [4.69, 9.17) is 14.7 Å². The summed E-state index contributed by atoms with van der Waals surface area (Å²) < 4.78 is 9.28. The Kier molecular flexibility index (Phi) is 9.53. The van der Waals surface area contributed by atoms with Gasteiger partial charge in [-0.15, -0.1) is 0 Å². The SMILES string of the molecule is Cc1cc(N2CN(c3cc(Oc4ccc5c6cc(C(C)(C)C)ccc6n(-c6cc(C(C)(C)C)ccn6)c5c4)cc(C(C)(C)C)c3)c3ccc(C(C)(C)C)cc32)cc(C)n1. The summed E-state index contributed by atoms with van der Waals surface area (Å²) in [6, 6.07) is 35.9. The van der Waals surface area contributed by atoms with Crippen molar-refractivity contribution in [3.05, 3.63) is 137 Å². The number of anilines is 4. The summed E-state index contributed by atoms with van der Waals surface area (Å²) in [5.41, 5.74) is 13.8. The standard InChI is InChI=1S/C53H61N5O/c1-33-23-39(24-34(2)55-33)57-32-56(46-20-16-36(28-48(46)57)51(6,7)8)40-25-38(53(12,13)14)26-42(30-40)59-41-17-18-43-44-27-35(50(3,4)5)15-19-45(44)58(47(43)31-41)49-29-37(21-22-54-49)52(9,10)11/h15-31H,32H2,1-14H3. The molecule has 59 heavy (non-hydrogen) atoms. The minimum absolute atomic E-state index is 0.0124. The molecule has 0 saturated carbocycles. The Morgan fingerprint density at radius 3 is 1.73 bits per heavy atom. The highest BCUT2D eigenvalue weighted by atomic mass is 16.5. The number of hydrogen-bond donors (Lipinski definition) is 0. The van der Waals surface area contributed by atoms with Crippen LogP contribution in [0.3, 0.4) is 0 Å². The molecule has 8 rings (SSSR count). The van der Waals surface area contributed by atoms with E-state index < -0.39 is 0 Å². The van der Waals surface area contributed by atoms with Gasteiger partial charge in [-0.2, -0.15) is 0 Å². The van der Waals surface area contributed by atoms with Gasteiger partial charge in [-0.05, 0) is 131 Å². The second-order valence-corrected chi connectivity index (χ2v) is 20.8. The van der Waals surface area contributed by atoms with Crippen LogP contribution < -0.4 is 14.5 Å². The van der Waals surface area contributed by atoms with Gasteiger partial charge >= 0.3 is 0 Å². The molecule has 0 radical (unpaired) electrons. The van der Waals surface area contributed by atoms with Crippen LogP contribution in [0.4, 0.5) is 22.7 Å². The normalized spacial score (nSPS) is 13.8. The van der Waals surface area contributed by atoms with Gasteiger partial charge in [-0.1, -0.05) is 95.2 Å². The van der Waals surface area contributed by atoms with Crippen molar-refractivity contribution in [2.45, 2.75) is 119 Å². The molecule has 0 fully saturated rings. The molecular formula is C53H61N5O. The molecule has 0 amide bonds.